The van der Waals surface area contributed by atoms with Crippen LogP contribution >= 0.6 is 15.8 Å². The van der Waals surface area contributed by atoms with E-state index in [1.807, 2.05) is 64.2 Å². The van der Waals surface area contributed by atoms with Crippen molar-refractivity contribution >= 4 is 37.1 Å². The first kappa shape index (κ1) is 47.7. The number of hydrogen-bond donors (Lipinski definition) is 0. The molecular formula is C52H52Fe2N2P2+4. The van der Waals surface area contributed by atoms with Crippen LogP contribution in [0.4, 0.5) is 0 Å². The summed E-state index contributed by atoms with van der Waals surface area (Å²) in [6.07, 6.45) is 34.1. The fraction of sp³-hybridized carbons (Fsp3) is 0.154. The standard InChI is InChI=1S/C42H42N2P2.2C5H5.2Fe/c1-33(39-25-15-27-41(39)45(35-17-7-3-8-18-35)36-19-9-4-10-20-36)43-29-31-44(32-30-43)34(2)40-26-16-28-42(40)46(37-21-11-5-12-22-37)38-23-13-6-14-24-38;2*1-2-4-5-3-1;;/h3-28,33-34H,29-32H2,1-2H3;2*1-5H;;/q;;;2*+2/t33-,34-;;;;/m0..../s1. The molecule has 0 amide bonds. The molecule has 2 atom stereocenters. The van der Waals surface area contributed by atoms with Crippen molar-refractivity contribution in [2.45, 2.75) is 25.9 Å². The maximum atomic E-state index is 2.71. The zero-order valence-corrected chi connectivity index (χ0v) is 37.3. The number of piperazine rings is 1. The van der Waals surface area contributed by atoms with Crippen LogP contribution in [0.15, 0.2) is 121 Å². The first-order valence-corrected chi connectivity index (χ1v) is 22.5. The molecule has 0 bridgehead atoms. The van der Waals surface area contributed by atoms with E-state index in [2.05, 4.69) is 183 Å². The molecule has 4 saturated carbocycles. The van der Waals surface area contributed by atoms with Crippen molar-refractivity contribution in [2.24, 2.45) is 0 Å². The Morgan fingerprint density at radius 3 is 0.828 bits per heavy atom. The Morgan fingerprint density at radius 1 is 0.345 bits per heavy atom. The Morgan fingerprint density at radius 2 is 0.586 bits per heavy atom. The third-order valence-corrected chi connectivity index (χ3v) is 15.7. The summed E-state index contributed by atoms with van der Waals surface area (Å²) in [6, 6.07) is 45.1. The van der Waals surface area contributed by atoms with Crippen molar-refractivity contribution in [3.05, 3.63) is 247 Å². The van der Waals surface area contributed by atoms with Crippen molar-refractivity contribution in [1.29, 1.82) is 0 Å². The number of nitrogens with zero attached hydrogens (tertiary/aromatic N) is 2. The summed E-state index contributed by atoms with van der Waals surface area (Å²) >= 11 is 0. The van der Waals surface area contributed by atoms with Gasteiger partial charge in [0.05, 0.1) is 0 Å². The van der Waals surface area contributed by atoms with Crippen molar-refractivity contribution in [3.63, 3.8) is 0 Å². The molecule has 1 saturated heterocycles. The minimum Gasteiger partial charge on any atom is -0.297 e. The van der Waals surface area contributed by atoms with E-state index in [-0.39, 0.29) is 34.1 Å². The molecule has 20 radical (unpaired) electrons. The van der Waals surface area contributed by atoms with Gasteiger partial charge in [0.25, 0.3) is 0 Å². The van der Waals surface area contributed by atoms with Gasteiger partial charge >= 0.3 is 34.1 Å². The molecule has 4 aromatic carbocycles. The van der Waals surface area contributed by atoms with E-state index >= 15 is 0 Å². The molecule has 0 N–H and O–H groups in total. The molecule has 5 aliphatic rings. The van der Waals surface area contributed by atoms with Crippen molar-refractivity contribution in [3.8, 4) is 0 Å². The summed E-state index contributed by atoms with van der Waals surface area (Å²) in [5, 5.41) is 5.66. The van der Waals surface area contributed by atoms with Crippen LogP contribution in [0, 0.1) is 126 Å². The van der Waals surface area contributed by atoms with Gasteiger partial charge < -0.3 is 0 Å². The molecule has 2 nitrogen and oxygen atoms in total. The van der Waals surface area contributed by atoms with Gasteiger partial charge in [0, 0.05) is 61.4 Å². The second-order valence-corrected chi connectivity index (χ2v) is 18.5. The monoisotopic (exact) mass is 878 g/mol. The van der Waals surface area contributed by atoms with E-state index in [1.165, 1.54) is 44.4 Å². The molecule has 5 fully saturated rings. The topological polar surface area (TPSA) is 6.48 Å². The normalized spacial score (nSPS) is 20.8. The maximum Gasteiger partial charge on any atom is 2.00 e. The molecule has 4 aromatic rings. The average Bonchev–Trinajstić information content (AvgIpc) is 4.13. The third-order valence-electron chi connectivity index (χ3n) is 10.6. The number of hydrogen-bond acceptors (Lipinski definition) is 2. The van der Waals surface area contributed by atoms with E-state index in [1.54, 1.807) is 0 Å². The summed E-state index contributed by atoms with van der Waals surface area (Å²) in [4.78, 5) is 5.41. The van der Waals surface area contributed by atoms with Gasteiger partial charge in [0.1, 0.15) is 0 Å². The molecule has 6 heteroatoms. The Labute approximate surface area is 378 Å². The smallest absolute Gasteiger partial charge is 0.297 e. The molecular weight excluding hydrogens is 826 g/mol. The van der Waals surface area contributed by atoms with Crippen molar-refractivity contribution < 1.29 is 34.1 Å². The summed E-state index contributed by atoms with van der Waals surface area (Å²) < 4.78 is 0. The molecule has 58 heavy (non-hydrogen) atoms. The van der Waals surface area contributed by atoms with Gasteiger partial charge in [-0.1, -0.05) is 121 Å². The van der Waals surface area contributed by atoms with Gasteiger partial charge in [-0.3, -0.25) is 9.80 Å². The van der Waals surface area contributed by atoms with Crippen LogP contribution in [0.3, 0.4) is 0 Å². The summed E-state index contributed by atoms with van der Waals surface area (Å²) in [5.74, 6) is 2.96. The third kappa shape index (κ3) is 12.9. The Bertz CT molecular complexity index is 1430. The summed E-state index contributed by atoms with van der Waals surface area (Å²) in [7, 11) is -1.22. The molecule has 1 aliphatic heterocycles. The van der Waals surface area contributed by atoms with Crippen LogP contribution in [0.1, 0.15) is 13.8 Å². The van der Waals surface area contributed by atoms with E-state index in [0.717, 1.165) is 26.2 Å². The van der Waals surface area contributed by atoms with Crippen LogP contribution in [0.25, 0.3) is 0 Å². The molecule has 0 spiro atoms. The fourth-order valence-electron chi connectivity index (χ4n) is 7.67. The second-order valence-electron chi connectivity index (χ2n) is 14.1. The number of benzene rings is 4. The van der Waals surface area contributed by atoms with E-state index in [0.29, 0.717) is 12.1 Å². The zero-order chi connectivity index (χ0) is 38.4. The first-order valence-electron chi connectivity index (χ1n) is 19.8. The van der Waals surface area contributed by atoms with Crippen molar-refractivity contribution in [1.82, 2.24) is 9.80 Å². The van der Waals surface area contributed by atoms with Crippen LogP contribution in [-0.4, -0.2) is 48.1 Å². The Balaban J connectivity index is 0.000000467. The minimum absolute atomic E-state index is 0. The van der Waals surface area contributed by atoms with Crippen LogP contribution in [-0.2, 0) is 34.1 Å². The average molecular weight is 879 g/mol. The molecule has 0 unspecified atom stereocenters. The summed E-state index contributed by atoms with van der Waals surface area (Å²) in [6.45, 7) is 9.15. The molecule has 292 valence electrons. The van der Waals surface area contributed by atoms with Gasteiger partial charge in [-0.25, -0.2) is 0 Å². The van der Waals surface area contributed by atoms with Gasteiger partial charge in [0.2, 0.25) is 0 Å². The SMILES string of the molecule is C[C@@H]([C]1[CH][CH][CH][C]1P(c1ccccc1)c1ccccc1)N1CCN([C@@H](C)[C]2[CH][CH][CH][C]2P(c2ccccc2)c2ccccc2)CC1.[CH]1[CH][CH][CH][CH]1.[CH]1[CH][CH][CH][CH]1.[Fe+2].[Fe+2]. The van der Waals surface area contributed by atoms with Crippen LogP contribution in [0.5, 0.6) is 0 Å². The largest absolute Gasteiger partial charge is 2.00 e. The zero-order valence-electron chi connectivity index (χ0n) is 33.3. The Hall–Kier alpha value is -1.30. The summed E-state index contributed by atoms with van der Waals surface area (Å²) in [5.41, 5.74) is 2.99. The van der Waals surface area contributed by atoms with Crippen LogP contribution < -0.4 is 21.2 Å². The fourth-order valence-corrected chi connectivity index (χ4v) is 12.8. The molecule has 0 aromatic heterocycles. The van der Waals surface area contributed by atoms with Gasteiger partial charge in [-0.2, -0.15) is 0 Å². The molecule has 1 heterocycles. The van der Waals surface area contributed by atoms with E-state index < -0.39 is 15.8 Å². The maximum absolute atomic E-state index is 2.71. The van der Waals surface area contributed by atoms with E-state index in [4.69, 9.17) is 0 Å². The predicted octanol–water partition coefficient (Wildman–Crippen LogP) is 9.15. The quantitative estimate of drug-likeness (QED) is 0.116. The first-order chi connectivity index (χ1) is 27.7. The Kier molecular flexibility index (Phi) is 21.1. The molecule has 4 aliphatic carbocycles. The van der Waals surface area contributed by atoms with Crippen molar-refractivity contribution in [2.75, 3.05) is 26.2 Å². The minimum atomic E-state index is -0.611. The van der Waals surface area contributed by atoms with Gasteiger partial charge in [0.15, 0.2) is 0 Å². The molecule has 9 rings (SSSR count). The second kappa shape index (κ2) is 25.6. The van der Waals surface area contributed by atoms with Gasteiger partial charge in [-0.05, 0) is 154 Å². The van der Waals surface area contributed by atoms with E-state index in [9.17, 15) is 0 Å². The number of rotatable bonds is 10. The van der Waals surface area contributed by atoms with Crippen LogP contribution in [0.2, 0.25) is 0 Å². The van der Waals surface area contributed by atoms with Gasteiger partial charge in [-0.15, -0.1) is 0 Å². The predicted molar refractivity (Wildman–Crippen MR) is 242 cm³/mol.